The van der Waals surface area contributed by atoms with Gasteiger partial charge in [-0.2, -0.15) is 4.98 Å². The minimum Gasteiger partial charge on any atom is -0.362 e. The van der Waals surface area contributed by atoms with Crippen LogP contribution < -0.4 is 20.9 Å². The number of nitrogens with zero attached hydrogens (tertiary/aromatic N) is 3. The molecule has 0 unspecified atom stereocenters. The number of benzene rings is 3. The molecule has 3 aromatic carbocycles. The van der Waals surface area contributed by atoms with E-state index >= 15 is 0 Å². The molecule has 1 aliphatic rings. The molecule has 1 aromatic heterocycles. The number of carbonyl (C=O) groups is 2. The Balaban J connectivity index is 1.19. The lowest BCUT2D eigenvalue weighted by atomic mass is 9.86. The second-order valence-electron chi connectivity index (χ2n) is 10.5. The second kappa shape index (κ2) is 12.7. The number of fused-ring (bicyclic) bond motifs is 1. The Bertz CT molecular complexity index is 1560. The van der Waals surface area contributed by atoms with Crippen LogP contribution in [0, 0.1) is 5.92 Å². The smallest absolute Gasteiger partial charge is 0.255 e. The van der Waals surface area contributed by atoms with E-state index in [1.54, 1.807) is 24.3 Å². The fourth-order valence-corrected chi connectivity index (χ4v) is 5.69. The molecule has 5 rings (SSSR count). The quantitative estimate of drug-likeness (QED) is 0.212. The Morgan fingerprint density at radius 3 is 2.34 bits per heavy atom. The fraction of sp³-hybridized carbons (Fsp3) is 0.290. The van der Waals surface area contributed by atoms with Crippen molar-refractivity contribution in [2.45, 2.75) is 31.7 Å². The first-order valence-electron chi connectivity index (χ1n) is 13.6. The van der Waals surface area contributed by atoms with Crippen molar-refractivity contribution in [2.75, 3.05) is 36.2 Å². The molecular weight excluding hydrogens is 559 g/mol. The molecule has 0 radical (unpaired) electrons. The lowest BCUT2D eigenvalue weighted by Gasteiger charge is -2.29. The number of aromatic nitrogens is 2. The van der Waals surface area contributed by atoms with E-state index in [-0.39, 0.29) is 34.1 Å². The van der Waals surface area contributed by atoms with Crippen LogP contribution in [0.25, 0.3) is 10.9 Å². The van der Waals surface area contributed by atoms with Crippen molar-refractivity contribution >= 4 is 63.4 Å². The average Bonchev–Trinajstić information content (AvgIpc) is 2.97. The first-order valence-corrected chi connectivity index (χ1v) is 14.4. The van der Waals surface area contributed by atoms with E-state index in [0.29, 0.717) is 29.0 Å². The number of amides is 2. The lowest BCUT2D eigenvalue weighted by Crippen LogP contribution is -2.34. The molecule has 2 amide bonds. The third kappa shape index (κ3) is 6.89. The zero-order chi connectivity index (χ0) is 28.9. The van der Waals surface area contributed by atoms with Gasteiger partial charge in [0.1, 0.15) is 5.82 Å². The largest absolute Gasteiger partial charge is 0.362 e. The van der Waals surface area contributed by atoms with Gasteiger partial charge >= 0.3 is 0 Å². The van der Waals surface area contributed by atoms with Crippen molar-refractivity contribution < 1.29 is 9.59 Å². The minimum atomic E-state index is -0.359. The van der Waals surface area contributed by atoms with Crippen LogP contribution >= 0.6 is 23.2 Å². The van der Waals surface area contributed by atoms with Crippen LogP contribution in [0.5, 0.6) is 0 Å². The van der Waals surface area contributed by atoms with Gasteiger partial charge in [-0.05, 0) is 68.0 Å². The topological polar surface area (TPSA) is 99.3 Å². The summed E-state index contributed by atoms with van der Waals surface area (Å²) in [6.07, 6.45) is 3.77. The van der Waals surface area contributed by atoms with Crippen LogP contribution in [0.3, 0.4) is 0 Å². The van der Waals surface area contributed by atoms with Gasteiger partial charge in [-0.15, -0.1) is 0 Å². The summed E-state index contributed by atoms with van der Waals surface area (Å²) in [4.78, 5) is 37.5. The summed E-state index contributed by atoms with van der Waals surface area (Å²) in [5.74, 6) is 1.15. The summed E-state index contributed by atoms with van der Waals surface area (Å²) in [7, 11) is 3.96. The van der Waals surface area contributed by atoms with Gasteiger partial charge in [0.2, 0.25) is 5.95 Å². The van der Waals surface area contributed by atoms with Crippen molar-refractivity contribution in [1.29, 1.82) is 0 Å². The fourth-order valence-electron chi connectivity index (χ4n) is 5.15. The molecular formula is C31H32Cl2N6O2. The number of halogens is 2. The monoisotopic (exact) mass is 590 g/mol. The zero-order valence-electron chi connectivity index (χ0n) is 23.0. The number of nitrogens with one attached hydrogen (secondary N) is 3. The van der Waals surface area contributed by atoms with E-state index in [1.165, 1.54) is 12.1 Å². The highest BCUT2D eigenvalue weighted by Gasteiger charge is 2.24. The van der Waals surface area contributed by atoms with Gasteiger partial charge in [0, 0.05) is 42.7 Å². The molecule has 41 heavy (non-hydrogen) atoms. The maximum atomic E-state index is 13.2. The minimum absolute atomic E-state index is 0.201. The van der Waals surface area contributed by atoms with Crippen LogP contribution in [0.1, 0.15) is 46.4 Å². The molecule has 1 heterocycles. The van der Waals surface area contributed by atoms with Crippen molar-refractivity contribution in [3.8, 4) is 0 Å². The number of para-hydroxylation sites is 1. The van der Waals surface area contributed by atoms with Crippen LogP contribution in [-0.4, -0.2) is 48.5 Å². The summed E-state index contributed by atoms with van der Waals surface area (Å²) in [5, 5.41) is 10.9. The highest BCUT2D eigenvalue weighted by Crippen LogP contribution is 2.32. The van der Waals surface area contributed by atoms with E-state index < -0.39 is 0 Å². The maximum Gasteiger partial charge on any atom is 0.255 e. The highest BCUT2D eigenvalue weighted by atomic mass is 35.5. The van der Waals surface area contributed by atoms with Crippen molar-refractivity contribution in [2.24, 2.45) is 5.92 Å². The number of anilines is 3. The number of carbonyl (C=O) groups excluding carboxylic acids is 2. The van der Waals surface area contributed by atoms with Gasteiger partial charge in [-0.3, -0.25) is 9.59 Å². The normalized spacial score (nSPS) is 16.7. The van der Waals surface area contributed by atoms with Gasteiger partial charge < -0.3 is 20.9 Å². The zero-order valence-corrected chi connectivity index (χ0v) is 24.5. The summed E-state index contributed by atoms with van der Waals surface area (Å²) in [6.45, 7) is 0.513. The Hall–Kier alpha value is -3.88. The van der Waals surface area contributed by atoms with Crippen molar-refractivity contribution in [3.05, 3.63) is 87.9 Å². The predicted molar refractivity (Wildman–Crippen MR) is 166 cm³/mol. The van der Waals surface area contributed by atoms with E-state index in [1.807, 2.05) is 49.3 Å². The predicted octanol–water partition coefficient (Wildman–Crippen LogP) is 6.66. The Morgan fingerprint density at radius 2 is 1.61 bits per heavy atom. The Kier molecular flexibility index (Phi) is 8.90. The molecule has 8 nitrogen and oxygen atoms in total. The van der Waals surface area contributed by atoms with Gasteiger partial charge in [-0.1, -0.05) is 53.5 Å². The molecule has 1 saturated carbocycles. The highest BCUT2D eigenvalue weighted by molar-refractivity contribution is 6.38. The molecule has 4 aromatic rings. The Morgan fingerprint density at radius 1 is 0.902 bits per heavy atom. The summed E-state index contributed by atoms with van der Waals surface area (Å²) >= 11 is 12.6. The van der Waals surface area contributed by atoms with Crippen LogP contribution in [-0.2, 0) is 0 Å². The molecule has 1 aliphatic carbocycles. The number of rotatable bonds is 8. The average molecular weight is 592 g/mol. The van der Waals surface area contributed by atoms with Crippen molar-refractivity contribution in [1.82, 2.24) is 15.3 Å². The van der Waals surface area contributed by atoms with E-state index in [2.05, 4.69) is 16.0 Å². The van der Waals surface area contributed by atoms with Gasteiger partial charge in [0.25, 0.3) is 11.8 Å². The van der Waals surface area contributed by atoms with Gasteiger partial charge in [0.05, 0.1) is 21.8 Å². The molecule has 0 atom stereocenters. The third-order valence-corrected chi connectivity index (χ3v) is 7.83. The Labute approximate surface area is 249 Å². The van der Waals surface area contributed by atoms with Gasteiger partial charge in [-0.25, -0.2) is 4.98 Å². The molecule has 10 heteroatoms. The summed E-state index contributed by atoms with van der Waals surface area (Å²) < 4.78 is 0. The van der Waals surface area contributed by atoms with E-state index in [0.717, 1.165) is 42.4 Å². The van der Waals surface area contributed by atoms with Gasteiger partial charge in [0.15, 0.2) is 0 Å². The molecule has 0 spiro atoms. The molecule has 0 saturated heterocycles. The maximum absolute atomic E-state index is 13.2. The van der Waals surface area contributed by atoms with E-state index in [4.69, 9.17) is 33.2 Å². The van der Waals surface area contributed by atoms with Crippen molar-refractivity contribution in [3.63, 3.8) is 0 Å². The molecule has 3 N–H and O–H groups in total. The first kappa shape index (κ1) is 28.6. The standard InChI is InChI=1S/C31H32Cl2N6O2/c1-39(2)28-23-10-6-7-11-26(23)36-31(38-28)35-22-14-12-19(13-15-22)18-34-30(41)24-16-21(32)17-25(33)27(24)37-29(40)20-8-4-3-5-9-20/h3-11,16-17,19,22H,12-15,18H2,1-2H3,(H,34,41)(H,37,40)(H,35,36,38)/t19-,22+. The molecule has 212 valence electrons. The van der Waals surface area contributed by atoms with Crippen LogP contribution in [0.4, 0.5) is 17.5 Å². The SMILES string of the molecule is CN(C)c1nc(N[C@H]2CC[C@@H](CNC(=O)c3cc(Cl)cc(Cl)c3NC(=O)c3ccccc3)CC2)nc2ccccc12. The molecule has 1 fully saturated rings. The first-order chi connectivity index (χ1) is 19.8. The van der Waals surface area contributed by atoms with E-state index in [9.17, 15) is 9.59 Å². The lowest BCUT2D eigenvalue weighted by molar-refractivity contribution is 0.0944. The summed E-state index contributed by atoms with van der Waals surface area (Å²) in [6, 6.07) is 20.0. The van der Waals surface area contributed by atoms with Crippen LogP contribution in [0.15, 0.2) is 66.7 Å². The molecule has 0 aliphatic heterocycles. The number of hydrogen-bond donors (Lipinski definition) is 3. The number of hydrogen-bond acceptors (Lipinski definition) is 6. The van der Waals surface area contributed by atoms with Crippen LogP contribution in [0.2, 0.25) is 10.0 Å². The third-order valence-electron chi connectivity index (χ3n) is 7.31. The molecule has 0 bridgehead atoms. The second-order valence-corrected chi connectivity index (χ2v) is 11.3. The summed E-state index contributed by atoms with van der Waals surface area (Å²) in [5.41, 5.74) is 1.84.